The van der Waals surface area contributed by atoms with Gasteiger partial charge in [-0.15, -0.1) is 0 Å². The molecule has 1 saturated heterocycles. The molecular formula is C12H23N5OS. The zero-order valence-electron chi connectivity index (χ0n) is 11.8. The molecular weight excluding hydrogens is 262 g/mol. The minimum Gasteiger partial charge on any atom is -0.487 e. The highest BCUT2D eigenvalue weighted by Gasteiger charge is 2.23. The van der Waals surface area contributed by atoms with E-state index in [9.17, 15) is 0 Å². The van der Waals surface area contributed by atoms with Gasteiger partial charge in [0.2, 0.25) is 0 Å². The summed E-state index contributed by atoms with van der Waals surface area (Å²) in [4.78, 5) is 4.74. The molecule has 1 aliphatic rings. The van der Waals surface area contributed by atoms with Gasteiger partial charge in [-0.05, 0) is 32.6 Å². The quantitative estimate of drug-likeness (QED) is 0.833. The van der Waals surface area contributed by atoms with Gasteiger partial charge < -0.3 is 20.7 Å². The molecule has 1 aromatic heterocycles. The number of hydrogen-bond donors (Lipinski definition) is 2. The van der Waals surface area contributed by atoms with Crippen LogP contribution in [0.2, 0.25) is 0 Å². The van der Waals surface area contributed by atoms with Gasteiger partial charge in [-0.1, -0.05) is 0 Å². The van der Waals surface area contributed by atoms with E-state index in [1.165, 1.54) is 11.5 Å². The standard InChI is InChI=1S/C12H23N5OS/c1-4-18-10-11(13)15-19-12(10)14-7-9-8-16(2)5-6-17(9)3/h9,14H,4-8H2,1-3H3,(H2,13,15). The molecule has 6 nitrogen and oxygen atoms in total. The molecule has 1 unspecified atom stereocenters. The summed E-state index contributed by atoms with van der Waals surface area (Å²) in [6.45, 7) is 6.73. The maximum Gasteiger partial charge on any atom is 0.197 e. The Balaban J connectivity index is 1.94. The van der Waals surface area contributed by atoms with E-state index in [4.69, 9.17) is 10.5 Å². The van der Waals surface area contributed by atoms with E-state index in [1.807, 2.05) is 6.92 Å². The van der Waals surface area contributed by atoms with E-state index in [2.05, 4.69) is 33.6 Å². The third kappa shape index (κ3) is 3.49. The Hall–Kier alpha value is -1.05. The molecule has 0 spiro atoms. The fourth-order valence-corrected chi connectivity index (χ4v) is 2.89. The Morgan fingerprint density at radius 3 is 3.00 bits per heavy atom. The molecule has 0 amide bonds. The summed E-state index contributed by atoms with van der Waals surface area (Å²) >= 11 is 1.36. The smallest absolute Gasteiger partial charge is 0.197 e. The lowest BCUT2D eigenvalue weighted by atomic mass is 10.2. The van der Waals surface area contributed by atoms with Crippen LogP contribution in [0.1, 0.15) is 6.92 Å². The first-order valence-electron chi connectivity index (χ1n) is 6.62. The normalized spacial score (nSPS) is 21.5. The van der Waals surface area contributed by atoms with Crippen LogP contribution in [-0.4, -0.2) is 67.1 Å². The lowest BCUT2D eigenvalue weighted by Gasteiger charge is -2.37. The number of anilines is 2. The van der Waals surface area contributed by atoms with Crippen molar-refractivity contribution in [3.8, 4) is 5.75 Å². The lowest BCUT2D eigenvalue weighted by Crippen LogP contribution is -2.52. The van der Waals surface area contributed by atoms with E-state index >= 15 is 0 Å². The number of aromatic nitrogens is 1. The van der Waals surface area contributed by atoms with Crippen LogP contribution in [0.4, 0.5) is 10.8 Å². The van der Waals surface area contributed by atoms with Crippen LogP contribution in [0.15, 0.2) is 0 Å². The van der Waals surface area contributed by atoms with Crippen molar-refractivity contribution in [1.82, 2.24) is 14.2 Å². The molecule has 2 heterocycles. The lowest BCUT2D eigenvalue weighted by molar-refractivity contribution is 0.122. The number of likely N-dealkylation sites (N-methyl/N-ethyl adjacent to an activating group) is 2. The van der Waals surface area contributed by atoms with Crippen molar-refractivity contribution in [2.45, 2.75) is 13.0 Å². The number of rotatable bonds is 5. The summed E-state index contributed by atoms with van der Waals surface area (Å²) < 4.78 is 9.67. The number of piperazine rings is 1. The first-order chi connectivity index (χ1) is 9.11. The second kappa shape index (κ2) is 6.40. The molecule has 19 heavy (non-hydrogen) atoms. The van der Waals surface area contributed by atoms with Gasteiger partial charge in [0.15, 0.2) is 16.6 Å². The third-order valence-corrected chi connectivity index (χ3v) is 4.24. The maximum absolute atomic E-state index is 5.80. The zero-order valence-corrected chi connectivity index (χ0v) is 12.7. The van der Waals surface area contributed by atoms with Gasteiger partial charge in [0.25, 0.3) is 0 Å². The van der Waals surface area contributed by atoms with E-state index in [0.717, 1.165) is 31.2 Å². The molecule has 1 atom stereocenters. The van der Waals surface area contributed by atoms with Gasteiger partial charge in [0.05, 0.1) is 6.61 Å². The molecule has 1 fully saturated rings. The Morgan fingerprint density at radius 1 is 1.47 bits per heavy atom. The number of nitrogens with zero attached hydrogens (tertiary/aromatic N) is 3. The average molecular weight is 285 g/mol. The Bertz CT molecular complexity index is 411. The summed E-state index contributed by atoms with van der Waals surface area (Å²) in [6.07, 6.45) is 0. The van der Waals surface area contributed by atoms with E-state index in [-0.39, 0.29) is 0 Å². The molecule has 1 aromatic rings. The molecule has 0 bridgehead atoms. The number of hydrogen-bond acceptors (Lipinski definition) is 7. The number of nitrogen functional groups attached to an aromatic ring is 1. The highest BCUT2D eigenvalue weighted by Crippen LogP contribution is 2.35. The third-order valence-electron chi connectivity index (χ3n) is 3.44. The summed E-state index contributed by atoms with van der Waals surface area (Å²) in [7, 11) is 4.33. The highest BCUT2D eigenvalue weighted by atomic mass is 32.1. The number of ether oxygens (including phenoxy) is 1. The predicted octanol–water partition coefficient (Wildman–Crippen LogP) is 0.782. The van der Waals surface area contributed by atoms with Gasteiger partial charge in [0.1, 0.15) is 0 Å². The van der Waals surface area contributed by atoms with Crippen molar-refractivity contribution < 1.29 is 4.74 Å². The van der Waals surface area contributed by atoms with Crippen molar-refractivity contribution >= 4 is 22.4 Å². The van der Waals surface area contributed by atoms with Crippen molar-refractivity contribution in [2.75, 3.05) is 57.9 Å². The van der Waals surface area contributed by atoms with Crippen molar-refractivity contribution in [1.29, 1.82) is 0 Å². The van der Waals surface area contributed by atoms with Crippen molar-refractivity contribution in [2.24, 2.45) is 0 Å². The van der Waals surface area contributed by atoms with Gasteiger partial charge in [-0.3, -0.25) is 4.90 Å². The molecule has 0 saturated carbocycles. The van der Waals surface area contributed by atoms with Crippen LogP contribution in [0.3, 0.4) is 0 Å². The van der Waals surface area contributed by atoms with Crippen molar-refractivity contribution in [3.63, 3.8) is 0 Å². The fraction of sp³-hybridized carbons (Fsp3) is 0.750. The van der Waals surface area contributed by atoms with Crippen LogP contribution >= 0.6 is 11.5 Å². The van der Waals surface area contributed by atoms with Crippen LogP contribution in [0.5, 0.6) is 5.75 Å². The van der Waals surface area contributed by atoms with E-state index in [0.29, 0.717) is 24.2 Å². The minimum atomic E-state index is 0.475. The Kier molecular flexibility index (Phi) is 4.84. The van der Waals surface area contributed by atoms with Crippen LogP contribution < -0.4 is 15.8 Å². The molecule has 0 aromatic carbocycles. The molecule has 1 aliphatic heterocycles. The minimum absolute atomic E-state index is 0.475. The monoisotopic (exact) mass is 285 g/mol. The summed E-state index contributed by atoms with van der Waals surface area (Å²) in [5, 5.41) is 4.35. The Labute approximate surface area is 118 Å². The van der Waals surface area contributed by atoms with E-state index in [1.54, 1.807) is 0 Å². The summed E-state index contributed by atoms with van der Waals surface area (Å²) in [5.41, 5.74) is 5.80. The fourth-order valence-electron chi connectivity index (χ4n) is 2.22. The predicted molar refractivity (Wildman–Crippen MR) is 80.1 cm³/mol. The topological polar surface area (TPSA) is 66.7 Å². The van der Waals surface area contributed by atoms with Gasteiger partial charge in [-0.2, -0.15) is 4.37 Å². The number of nitrogens with one attached hydrogen (secondary N) is 1. The Morgan fingerprint density at radius 2 is 2.26 bits per heavy atom. The highest BCUT2D eigenvalue weighted by molar-refractivity contribution is 7.11. The van der Waals surface area contributed by atoms with Gasteiger partial charge in [0, 0.05) is 32.2 Å². The van der Waals surface area contributed by atoms with Crippen LogP contribution in [0.25, 0.3) is 0 Å². The second-order valence-electron chi connectivity index (χ2n) is 4.94. The average Bonchev–Trinajstić information content (AvgIpc) is 2.73. The van der Waals surface area contributed by atoms with Gasteiger partial charge in [-0.25, -0.2) is 0 Å². The number of nitrogens with two attached hydrogens (primary N) is 1. The summed E-state index contributed by atoms with van der Waals surface area (Å²) in [5.74, 6) is 1.17. The summed E-state index contributed by atoms with van der Waals surface area (Å²) in [6, 6.07) is 0.497. The zero-order chi connectivity index (χ0) is 13.8. The maximum atomic E-state index is 5.80. The van der Waals surface area contributed by atoms with Crippen LogP contribution in [-0.2, 0) is 0 Å². The molecule has 0 radical (unpaired) electrons. The van der Waals surface area contributed by atoms with Crippen molar-refractivity contribution in [3.05, 3.63) is 0 Å². The molecule has 3 N–H and O–H groups in total. The molecule has 7 heteroatoms. The van der Waals surface area contributed by atoms with Gasteiger partial charge >= 0.3 is 0 Å². The molecule has 0 aliphatic carbocycles. The SMILES string of the molecule is CCOc1c(N)nsc1NCC1CN(C)CCN1C. The van der Waals surface area contributed by atoms with Crippen LogP contribution in [0, 0.1) is 0 Å². The first kappa shape index (κ1) is 14.4. The molecule has 108 valence electrons. The first-order valence-corrected chi connectivity index (χ1v) is 7.39. The largest absolute Gasteiger partial charge is 0.487 e. The van der Waals surface area contributed by atoms with E-state index < -0.39 is 0 Å². The molecule has 2 rings (SSSR count). The second-order valence-corrected chi connectivity index (χ2v) is 5.71.